The maximum atomic E-state index is 12.6. The SMILES string of the molecule is C=C1CCC[C@]2(C)C[C@H]3OC(=O)[C@H](CN(C)Cc4ccccc4)[C@H]3C[C@H]12. The van der Waals surface area contributed by atoms with Crippen LogP contribution in [0.25, 0.3) is 0 Å². The van der Waals surface area contributed by atoms with Crippen molar-refractivity contribution in [3.05, 3.63) is 48.0 Å². The predicted octanol–water partition coefficient (Wildman–Crippen LogP) is 4.43. The van der Waals surface area contributed by atoms with Gasteiger partial charge in [-0.2, -0.15) is 0 Å². The van der Waals surface area contributed by atoms with Crippen LogP contribution in [0.5, 0.6) is 0 Å². The van der Waals surface area contributed by atoms with Crippen LogP contribution < -0.4 is 0 Å². The number of carbonyl (C=O) groups is 1. The molecule has 5 atom stereocenters. The highest BCUT2D eigenvalue weighted by Crippen LogP contribution is 2.56. The first-order chi connectivity index (χ1) is 12.5. The van der Waals surface area contributed by atoms with Crippen molar-refractivity contribution in [3.63, 3.8) is 0 Å². The molecule has 0 spiro atoms. The molecule has 1 saturated heterocycles. The molecule has 26 heavy (non-hydrogen) atoms. The second kappa shape index (κ2) is 6.84. The number of carbonyl (C=O) groups excluding carboxylic acids is 1. The van der Waals surface area contributed by atoms with E-state index in [4.69, 9.17) is 4.74 Å². The maximum absolute atomic E-state index is 12.6. The molecule has 1 aromatic rings. The Balaban J connectivity index is 1.46. The molecule has 1 aromatic carbocycles. The van der Waals surface area contributed by atoms with E-state index >= 15 is 0 Å². The molecule has 3 aliphatic rings. The van der Waals surface area contributed by atoms with Crippen LogP contribution in [0.2, 0.25) is 0 Å². The van der Waals surface area contributed by atoms with Crippen LogP contribution in [0.1, 0.15) is 44.6 Å². The Kier molecular flexibility index (Phi) is 4.68. The highest BCUT2D eigenvalue weighted by molar-refractivity contribution is 5.75. The Morgan fingerprint density at radius 2 is 2.08 bits per heavy atom. The third-order valence-corrected chi connectivity index (χ3v) is 7.12. The second-order valence-corrected chi connectivity index (χ2v) is 9.09. The summed E-state index contributed by atoms with van der Waals surface area (Å²) in [6.45, 7) is 8.43. The van der Waals surface area contributed by atoms with Gasteiger partial charge in [-0.15, -0.1) is 0 Å². The monoisotopic (exact) mass is 353 g/mol. The maximum Gasteiger partial charge on any atom is 0.310 e. The van der Waals surface area contributed by atoms with Gasteiger partial charge in [0.2, 0.25) is 0 Å². The lowest BCUT2D eigenvalue weighted by Gasteiger charge is -2.50. The first-order valence-corrected chi connectivity index (χ1v) is 10.1. The summed E-state index contributed by atoms with van der Waals surface area (Å²) in [4.78, 5) is 14.9. The van der Waals surface area contributed by atoms with Gasteiger partial charge in [-0.1, -0.05) is 49.4 Å². The van der Waals surface area contributed by atoms with Crippen molar-refractivity contribution >= 4 is 5.97 Å². The zero-order chi connectivity index (χ0) is 18.3. The van der Waals surface area contributed by atoms with E-state index in [9.17, 15) is 4.79 Å². The normalized spacial score (nSPS) is 36.6. The van der Waals surface area contributed by atoms with Gasteiger partial charge in [-0.25, -0.2) is 0 Å². The molecular formula is C23H31NO2. The standard InChI is InChI=1S/C23H31NO2/c1-16-8-7-11-23(2)13-21-18(12-20(16)23)19(22(25)26-21)15-24(3)14-17-9-5-4-6-10-17/h4-6,9-10,18-21H,1,7-8,11-15H2,2-3H3/t18-,19-,20-,21-,23-/m1/s1. The molecule has 1 heterocycles. The van der Waals surface area contributed by atoms with Crippen molar-refractivity contribution in [3.8, 4) is 0 Å². The first-order valence-electron chi connectivity index (χ1n) is 10.1. The van der Waals surface area contributed by atoms with Gasteiger partial charge in [0.05, 0.1) is 5.92 Å². The minimum atomic E-state index is 0.00740. The van der Waals surface area contributed by atoms with E-state index in [0.29, 0.717) is 11.8 Å². The van der Waals surface area contributed by atoms with Gasteiger partial charge >= 0.3 is 5.97 Å². The fourth-order valence-corrected chi connectivity index (χ4v) is 5.76. The summed E-state index contributed by atoms with van der Waals surface area (Å²) in [6, 6.07) is 10.5. The quantitative estimate of drug-likeness (QED) is 0.592. The third-order valence-electron chi connectivity index (χ3n) is 7.12. The van der Waals surface area contributed by atoms with Crippen LogP contribution in [-0.4, -0.2) is 30.6 Å². The summed E-state index contributed by atoms with van der Waals surface area (Å²) >= 11 is 0. The highest BCUT2D eigenvalue weighted by atomic mass is 16.6. The van der Waals surface area contributed by atoms with Crippen LogP contribution in [0.4, 0.5) is 0 Å². The van der Waals surface area contributed by atoms with Crippen LogP contribution in [0, 0.1) is 23.2 Å². The Hall–Kier alpha value is -1.61. The lowest BCUT2D eigenvalue weighted by Crippen LogP contribution is -2.45. The summed E-state index contributed by atoms with van der Waals surface area (Å²) in [5.41, 5.74) is 2.98. The van der Waals surface area contributed by atoms with Gasteiger partial charge < -0.3 is 9.64 Å². The van der Waals surface area contributed by atoms with E-state index in [0.717, 1.165) is 32.4 Å². The smallest absolute Gasteiger partial charge is 0.310 e. The Bertz CT molecular complexity index is 685. The van der Waals surface area contributed by atoms with E-state index < -0.39 is 0 Å². The molecule has 0 amide bonds. The van der Waals surface area contributed by atoms with Gasteiger partial charge in [0.1, 0.15) is 6.10 Å². The topological polar surface area (TPSA) is 29.5 Å². The van der Waals surface area contributed by atoms with Crippen molar-refractivity contribution in [2.75, 3.05) is 13.6 Å². The number of rotatable bonds is 4. The molecule has 0 bridgehead atoms. The number of esters is 1. The fourth-order valence-electron chi connectivity index (χ4n) is 5.76. The lowest BCUT2D eigenvalue weighted by molar-refractivity contribution is -0.146. The second-order valence-electron chi connectivity index (χ2n) is 9.09. The molecule has 3 nitrogen and oxygen atoms in total. The van der Waals surface area contributed by atoms with E-state index in [2.05, 4.69) is 49.7 Å². The molecule has 0 unspecified atom stereocenters. The van der Waals surface area contributed by atoms with E-state index in [1.807, 2.05) is 6.07 Å². The summed E-state index contributed by atoms with van der Waals surface area (Å²) in [5, 5.41) is 0. The van der Waals surface area contributed by atoms with Gasteiger partial charge in [0, 0.05) is 19.0 Å². The predicted molar refractivity (Wildman–Crippen MR) is 103 cm³/mol. The largest absolute Gasteiger partial charge is 0.462 e. The Morgan fingerprint density at radius 3 is 2.85 bits per heavy atom. The van der Waals surface area contributed by atoms with Crippen molar-refractivity contribution in [1.29, 1.82) is 0 Å². The van der Waals surface area contributed by atoms with Crippen molar-refractivity contribution in [1.82, 2.24) is 4.90 Å². The summed E-state index contributed by atoms with van der Waals surface area (Å²) < 4.78 is 5.88. The number of fused-ring (bicyclic) bond motifs is 2. The molecule has 2 aliphatic carbocycles. The average Bonchev–Trinajstić information content (AvgIpc) is 2.88. The highest BCUT2D eigenvalue weighted by Gasteiger charge is 2.55. The van der Waals surface area contributed by atoms with Gasteiger partial charge in [0.15, 0.2) is 0 Å². The summed E-state index contributed by atoms with van der Waals surface area (Å²) in [7, 11) is 2.11. The number of hydrogen-bond donors (Lipinski definition) is 0. The van der Waals surface area contributed by atoms with E-state index in [-0.39, 0.29) is 23.4 Å². The van der Waals surface area contributed by atoms with Gasteiger partial charge in [0.25, 0.3) is 0 Å². The van der Waals surface area contributed by atoms with Gasteiger partial charge in [-0.3, -0.25) is 4.79 Å². The minimum absolute atomic E-state index is 0.00740. The number of benzene rings is 1. The molecule has 0 radical (unpaired) electrons. The van der Waals surface area contributed by atoms with Gasteiger partial charge in [-0.05, 0) is 56.0 Å². The molecule has 0 aromatic heterocycles. The molecule has 3 fully saturated rings. The number of nitrogens with zero attached hydrogens (tertiary/aromatic N) is 1. The molecule has 1 aliphatic heterocycles. The van der Waals surface area contributed by atoms with Crippen LogP contribution in [0.15, 0.2) is 42.5 Å². The van der Waals surface area contributed by atoms with Crippen molar-refractivity contribution in [2.24, 2.45) is 23.2 Å². The Labute approximate surface area is 157 Å². The number of allylic oxidation sites excluding steroid dienone is 1. The lowest BCUT2D eigenvalue weighted by atomic mass is 9.55. The zero-order valence-corrected chi connectivity index (χ0v) is 16.1. The number of ether oxygens (including phenoxy) is 1. The Morgan fingerprint density at radius 1 is 1.31 bits per heavy atom. The fraction of sp³-hybridized carbons (Fsp3) is 0.609. The molecule has 0 N–H and O–H groups in total. The van der Waals surface area contributed by atoms with Crippen LogP contribution in [0.3, 0.4) is 0 Å². The number of hydrogen-bond acceptors (Lipinski definition) is 3. The first kappa shape index (κ1) is 17.8. The van der Waals surface area contributed by atoms with E-state index in [1.165, 1.54) is 24.0 Å². The molecule has 2 saturated carbocycles. The van der Waals surface area contributed by atoms with Crippen molar-refractivity contribution < 1.29 is 9.53 Å². The average molecular weight is 354 g/mol. The van der Waals surface area contributed by atoms with Crippen LogP contribution >= 0.6 is 0 Å². The molecule has 4 rings (SSSR count). The van der Waals surface area contributed by atoms with Crippen LogP contribution in [-0.2, 0) is 16.1 Å². The molecule has 140 valence electrons. The van der Waals surface area contributed by atoms with E-state index in [1.54, 1.807) is 0 Å². The third kappa shape index (κ3) is 3.22. The summed E-state index contributed by atoms with van der Waals surface area (Å²) in [6.07, 6.45) is 5.85. The summed E-state index contributed by atoms with van der Waals surface area (Å²) in [5.74, 6) is 0.948. The zero-order valence-electron chi connectivity index (χ0n) is 16.1. The van der Waals surface area contributed by atoms with Crippen molar-refractivity contribution in [2.45, 2.75) is 51.7 Å². The molecule has 3 heteroatoms. The minimum Gasteiger partial charge on any atom is -0.462 e. The molecular weight excluding hydrogens is 322 g/mol.